The quantitative estimate of drug-likeness (QED) is 0.253. The Balaban J connectivity index is 2.16. The van der Waals surface area contributed by atoms with Crippen molar-refractivity contribution >= 4 is 45.4 Å². The second-order valence-electron chi connectivity index (χ2n) is 5.17. The number of carbonyl (C=O) groups excluding carboxylic acids is 1. The van der Waals surface area contributed by atoms with Crippen LogP contribution >= 0.6 is 28.1 Å². The average molecular weight is 420 g/mol. The van der Waals surface area contributed by atoms with Crippen LogP contribution in [0.5, 0.6) is 5.75 Å². The fraction of sp³-hybridized carbons (Fsp3) is 0.167. The first-order chi connectivity index (χ1) is 12.0. The van der Waals surface area contributed by atoms with E-state index in [1.807, 2.05) is 26.0 Å². The molecule has 0 aromatic heterocycles. The van der Waals surface area contributed by atoms with Crippen LogP contribution in [0.3, 0.4) is 0 Å². The molecule has 0 saturated heterocycles. The molecule has 0 atom stereocenters. The van der Waals surface area contributed by atoms with Gasteiger partial charge >= 0.3 is 5.97 Å². The maximum atomic E-state index is 12.3. The number of nitrogens with one attached hydrogen (secondary N) is 2. The average Bonchev–Trinajstić information content (AvgIpc) is 2.57. The molecule has 25 heavy (non-hydrogen) atoms. The molecule has 2 aromatic carbocycles. The number of aryl methyl sites for hydroxylation is 1. The number of hydrogen-bond acceptors (Lipinski definition) is 4. The second kappa shape index (κ2) is 9.29. The zero-order chi connectivity index (χ0) is 18.2. The molecule has 0 amide bonds. The number of halogens is 1. The summed E-state index contributed by atoms with van der Waals surface area (Å²) in [6.45, 7) is 4.57. The summed E-state index contributed by atoms with van der Waals surface area (Å²) in [4.78, 5) is 12.3. The van der Waals surface area contributed by atoms with E-state index in [-0.39, 0.29) is 0 Å². The number of hydrazone groups is 1. The molecule has 0 aliphatic heterocycles. The number of nitrogens with zero attached hydrogens (tertiary/aromatic N) is 1. The highest BCUT2D eigenvalue weighted by Crippen LogP contribution is 2.23. The van der Waals surface area contributed by atoms with Gasteiger partial charge in [-0.2, -0.15) is 5.10 Å². The van der Waals surface area contributed by atoms with E-state index in [4.69, 9.17) is 17.0 Å². The zero-order valence-electron chi connectivity index (χ0n) is 13.9. The van der Waals surface area contributed by atoms with Crippen molar-refractivity contribution in [3.63, 3.8) is 0 Å². The molecule has 0 fully saturated rings. The normalized spacial score (nSPS) is 10.5. The molecule has 5 nitrogen and oxygen atoms in total. The van der Waals surface area contributed by atoms with E-state index in [1.54, 1.807) is 36.5 Å². The molecule has 0 unspecified atom stereocenters. The van der Waals surface area contributed by atoms with Gasteiger partial charge in [-0.25, -0.2) is 4.79 Å². The molecule has 2 N–H and O–H groups in total. The van der Waals surface area contributed by atoms with Crippen LogP contribution in [0.4, 0.5) is 0 Å². The molecular weight excluding hydrogens is 402 g/mol. The van der Waals surface area contributed by atoms with E-state index in [9.17, 15) is 4.79 Å². The van der Waals surface area contributed by atoms with Crippen molar-refractivity contribution in [2.24, 2.45) is 5.10 Å². The van der Waals surface area contributed by atoms with Crippen LogP contribution in [0.1, 0.15) is 28.4 Å². The maximum absolute atomic E-state index is 12.3. The molecule has 130 valence electrons. The summed E-state index contributed by atoms with van der Waals surface area (Å²) in [5.41, 5.74) is 4.84. The fourth-order valence-electron chi connectivity index (χ4n) is 2.00. The Morgan fingerprint density at radius 3 is 2.84 bits per heavy atom. The molecule has 0 radical (unpaired) electrons. The van der Waals surface area contributed by atoms with Crippen LogP contribution < -0.4 is 15.5 Å². The third-order valence-electron chi connectivity index (χ3n) is 3.14. The van der Waals surface area contributed by atoms with E-state index in [1.165, 1.54) is 0 Å². The second-order valence-corrected chi connectivity index (χ2v) is 6.49. The number of hydrogen-bond donors (Lipinski definition) is 2. The Bertz CT molecular complexity index is 809. The molecule has 0 aliphatic rings. The van der Waals surface area contributed by atoms with Gasteiger partial charge in [0.15, 0.2) is 5.11 Å². The van der Waals surface area contributed by atoms with Crippen LogP contribution in [0, 0.1) is 6.92 Å². The van der Waals surface area contributed by atoms with E-state index in [0.717, 1.165) is 10.0 Å². The number of rotatable bonds is 5. The molecule has 2 rings (SSSR count). The van der Waals surface area contributed by atoms with Gasteiger partial charge in [0, 0.05) is 16.6 Å². The first-order valence-electron chi connectivity index (χ1n) is 7.65. The lowest BCUT2D eigenvalue weighted by Gasteiger charge is -2.09. The number of benzene rings is 2. The smallest absolute Gasteiger partial charge is 0.343 e. The lowest BCUT2D eigenvalue weighted by atomic mass is 10.1. The molecule has 0 heterocycles. The monoisotopic (exact) mass is 419 g/mol. The Morgan fingerprint density at radius 1 is 1.32 bits per heavy atom. The van der Waals surface area contributed by atoms with Crippen molar-refractivity contribution in [3.8, 4) is 5.75 Å². The predicted octanol–water partition coefficient (Wildman–Crippen LogP) is 3.79. The van der Waals surface area contributed by atoms with Crippen molar-refractivity contribution in [1.29, 1.82) is 0 Å². The van der Waals surface area contributed by atoms with E-state index in [0.29, 0.717) is 28.5 Å². The summed E-state index contributed by atoms with van der Waals surface area (Å²) >= 11 is 8.44. The minimum atomic E-state index is -0.420. The molecule has 0 aliphatic carbocycles. The molecule has 0 saturated carbocycles. The zero-order valence-corrected chi connectivity index (χ0v) is 16.3. The SMILES string of the molecule is CCNC(=S)N/N=C/c1cc(Br)ccc1OC(=O)c1cccc(C)c1. The fourth-order valence-corrected chi connectivity index (χ4v) is 2.58. The van der Waals surface area contributed by atoms with Gasteiger partial charge in [-0.15, -0.1) is 0 Å². The highest BCUT2D eigenvalue weighted by molar-refractivity contribution is 9.10. The Hall–Kier alpha value is -2.25. The van der Waals surface area contributed by atoms with E-state index in [2.05, 4.69) is 31.8 Å². The summed E-state index contributed by atoms with van der Waals surface area (Å²) in [7, 11) is 0. The Kier molecular flexibility index (Phi) is 7.09. The van der Waals surface area contributed by atoms with Crippen molar-refractivity contribution < 1.29 is 9.53 Å². The third kappa shape index (κ3) is 5.95. The van der Waals surface area contributed by atoms with Crippen LogP contribution in [0.15, 0.2) is 52.0 Å². The highest BCUT2D eigenvalue weighted by Gasteiger charge is 2.11. The van der Waals surface area contributed by atoms with Crippen molar-refractivity contribution in [2.45, 2.75) is 13.8 Å². The lowest BCUT2D eigenvalue weighted by Crippen LogP contribution is -2.31. The number of esters is 1. The minimum absolute atomic E-state index is 0.412. The van der Waals surface area contributed by atoms with E-state index < -0.39 is 5.97 Å². The first-order valence-corrected chi connectivity index (χ1v) is 8.85. The van der Waals surface area contributed by atoms with Crippen LogP contribution in [-0.4, -0.2) is 23.8 Å². The van der Waals surface area contributed by atoms with Gasteiger partial charge in [0.2, 0.25) is 0 Å². The molecule has 0 spiro atoms. The third-order valence-corrected chi connectivity index (χ3v) is 3.86. The number of carbonyl (C=O) groups is 1. The van der Waals surface area contributed by atoms with Crippen molar-refractivity contribution in [3.05, 3.63) is 63.6 Å². The van der Waals surface area contributed by atoms with Gasteiger partial charge in [-0.1, -0.05) is 33.6 Å². The van der Waals surface area contributed by atoms with Gasteiger partial charge in [-0.05, 0) is 56.4 Å². The summed E-state index contributed by atoms with van der Waals surface area (Å²) in [5.74, 6) is -0.00794. The van der Waals surface area contributed by atoms with Gasteiger partial charge in [-0.3, -0.25) is 5.43 Å². The molecule has 2 aromatic rings. The molecule has 0 bridgehead atoms. The summed E-state index contributed by atoms with van der Waals surface area (Å²) in [5, 5.41) is 7.42. The van der Waals surface area contributed by atoms with Crippen molar-refractivity contribution in [1.82, 2.24) is 10.7 Å². The predicted molar refractivity (Wildman–Crippen MR) is 107 cm³/mol. The van der Waals surface area contributed by atoms with Gasteiger partial charge in [0.25, 0.3) is 0 Å². The maximum Gasteiger partial charge on any atom is 0.343 e. The molecule has 7 heteroatoms. The van der Waals surface area contributed by atoms with E-state index >= 15 is 0 Å². The van der Waals surface area contributed by atoms with Gasteiger partial charge < -0.3 is 10.1 Å². The Labute approximate surface area is 160 Å². The first kappa shape index (κ1) is 19.1. The standard InChI is InChI=1S/C18H18BrN3O2S/c1-3-20-18(25)22-21-11-14-10-15(19)7-8-16(14)24-17(23)13-6-4-5-12(2)9-13/h4-11H,3H2,1-2H3,(H2,20,22,25)/b21-11+. The van der Waals surface area contributed by atoms with Gasteiger partial charge in [0.1, 0.15) is 5.75 Å². The van der Waals surface area contributed by atoms with Crippen molar-refractivity contribution in [2.75, 3.05) is 6.54 Å². The topological polar surface area (TPSA) is 62.7 Å². The minimum Gasteiger partial charge on any atom is -0.422 e. The van der Waals surface area contributed by atoms with Crippen LogP contribution in [0.25, 0.3) is 0 Å². The number of thiocarbonyl (C=S) groups is 1. The largest absolute Gasteiger partial charge is 0.422 e. The Morgan fingerprint density at radius 2 is 2.12 bits per heavy atom. The van der Waals surface area contributed by atoms with Gasteiger partial charge in [0.05, 0.1) is 11.8 Å². The summed E-state index contributed by atoms with van der Waals surface area (Å²) in [6.07, 6.45) is 1.55. The summed E-state index contributed by atoms with van der Waals surface area (Å²) in [6, 6.07) is 12.6. The number of ether oxygens (including phenoxy) is 1. The molecular formula is C18H18BrN3O2S. The summed E-state index contributed by atoms with van der Waals surface area (Å²) < 4.78 is 6.37. The van der Waals surface area contributed by atoms with Crippen LogP contribution in [-0.2, 0) is 0 Å². The highest BCUT2D eigenvalue weighted by atomic mass is 79.9. The van der Waals surface area contributed by atoms with Crippen LogP contribution in [0.2, 0.25) is 0 Å². The lowest BCUT2D eigenvalue weighted by molar-refractivity contribution is 0.0734.